The standard InChI is InChI=1S/C15H34NO2.ClH/c1-4-5-6-7-8-9-10-11-14-18-15-16(2,3)12-13-17;/h17H,4-15H2,1-3H3;1H/q+1;/p-1. The molecule has 3 nitrogen and oxygen atoms in total. The van der Waals surface area contributed by atoms with Crippen LogP contribution in [0.2, 0.25) is 0 Å². The molecule has 4 heteroatoms. The van der Waals surface area contributed by atoms with E-state index in [1.54, 1.807) is 0 Å². The topological polar surface area (TPSA) is 29.5 Å². The number of hydrogen-bond donors (Lipinski definition) is 1. The Balaban J connectivity index is 0. The van der Waals surface area contributed by atoms with Crippen LogP contribution >= 0.6 is 0 Å². The smallest absolute Gasteiger partial charge is 0.182 e. The van der Waals surface area contributed by atoms with Crippen LogP contribution in [0.3, 0.4) is 0 Å². The van der Waals surface area contributed by atoms with Gasteiger partial charge in [-0.05, 0) is 6.42 Å². The number of quaternary nitrogens is 1. The maximum Gasteiger partial charge on any atom is 0.182 e. The van der Waals surface area contributed by atoms with Gasteiger partial charge in [-0.25, -0.2) is 0 Å². The zero-order chi connectivity index (χ0) is 13.7. The highest BCUT2D eigenvalue weighted by molar-refractivity contribution is 4.45. The molecule has 0 amide bonds. The van der Waals surface area contributed by atoms with Crippen LogP contribution < -0.4 is 12.4 Å². The number of rotatable bonds is 13. The molecule has 0 rings (SSSR count). The molecular formula is C15H34ClNO2. The number of aliphatic hydroxyl groups excluding tert-OH is 1. The normalized spacial score (nSPS) is 11.4. The van der Waals surface area contributed by atoms with Crippen LogP contribution in [0.15, 0.2) is 0 Å². The van der Waals surface area contributed by atoms with Crippen LogP contribution in [-0.2, 0) is 4.74 Å². The molecule has 0 aromatic carbocycles. The Kier molecular flexibility index (Phi) is 16.5. The predicted molar refractivity (Wildman–Crippen MR) is 77.5 cm³/mol. The van der Waals surface area contributed by atoms with Crippen LogP contribution in [0.1, 0.15) is 58.3 Å². The number of aliphatic hydroxyl groups is 1. The molecule has 0 aliphatic carbocycles. The number of hydrogen-bond acceptors (Lipinski definition) is 2. The molecule has 0 heterocycles. The van der Waals surface area contributed by atoms with Crippen LogP contribution in [0, 0.1) is 0 Å². The second-order valence-electron chi connectivity index (χ2n) is 5.90. The van der Waals surface area contributed by atoms with Gasteiger partial charge >= 0.3 is 0 Å². The van der Waals surface area contributed by atoms with E-state index < -0.39 is 0 Å². The fourth-order valence-corrected chi connectivity index (χ4v) is 1.98. The third-order valence-electron chi connectivity index (χ3n) is 3.29. The zero-order valence-corrected chi connectivity index (χ0v) is 13.9. The molecular weight excluding hydrogens is 262 g/mol. The first-order valence-electron chi connectivity index (χ1n) is 7.63. The van der Waals surface area contributed by atoms with E-state index in [1.165, 1.54) is 51.4 Å². The highest BCUT2D eigenvalue weighted by atomic mass is 35.5. The lowest BCUT2D eigenvalue weighted by molar-refractivity contribution is -0.910. The van der Waals surface area contributed by atoms with Crippen molar-refractivity contribution in [3.63, 3.8) is 0 Å². The molecule has 0 unspecified atom stereocenters. The summed E-state index contributed by atoms with van der Waals surface area (Å²) in [6.45, 7) is 4.82. The van der Waals surface area contributed by atoms with E-state index >= 15 is 0 Å². The lowest BCUT2D eigenvalue weighted by Crippen LogP contribution is -3.00. The molecule has 0 spiro atoms. The van der Waals surface area contributed by atoms with Crippen LogP contribution in [0.4, 0.5) is 0 Å². The van der Waals surface area contributed by atoms with Crippen LogP contribution in [-0.4, -0.2) is 50.2 Å². The minimum Gasteiger partial charge on any atom is -1.00 e. The van der Waals surface area contributed by atoms with Gasteiger partial charge in [0, 0.05) is 0 Å². The Morgan fingerprint density at radius 1 is 0.895 bits per heavy atom. The van der Waals surface area contributed by atoms with Crippen LogP contribution in [0.25, 0.3) is 0 Å². The van der Waals surface area contributed by atoms with E-state index in [9.17, 15) is 0 Å². The van der Waals surface area contributed by atoms with Gasteiger partial charge in [-0.2, -0.15) is 0 Å². The molecule has 0 aromatic rings. The molecule has 0 saturated heterocycles. The highest BCUT2D eigenvalue weighted by Gasteiger charge is 2.13. The van der Waals surface area contributed by atoms with Crippen molar-refractivity contribution in [3.8, 4) is 0 Å². The molecule has 0 bridgehead atoms. The van der Waals surface area contributed by atoms with Gasteiger partial charge in [0.1, 0.15) is 6.54 Å². The van der Waals surface area contributed by atoms with E-state index in [0.717, 1.165) is 17.6 Å². The summed E-state index contributed by atoms with van der Waals surface area (Å²) >= 11 is 0. The quantitative estimate of drug-likeness (QED) is 0.298. The van der Waals surface area contributed by atoms with Gasteiger partial charge in [0.2, 0.25) is 0 Å². The van der Waals surface area contributed by atoms with Crippen LogP contribution in [0.5, 0.6) is 0 Å². The Labute approximate surface area is 126 Å². The molecule has 0 atom stereocenters. The van der Waals surface area contributed by atoms with Crippen molar-refractivity contribution in [2.45, 2.75) is 58.3 Å². The number of halogens is 1. The largest absolute Gasteiger partial charge is 1.00 e. The zero-order valence-electron chi connectivity index (χ0n) is 13.2. The molecule has 19 heavy (non-hydrogen) atoms. The van der Waals surface area contributed by atoms with Crippen molar-refractivity contribution < 1.29 is 26.7 Å². The Morgan fingerprint density at radius 3 is 1.95 bits per heavy atom. The van der Waals surface area contributed by atoms with Crippen molar-refractivity contribution in [3.05, 3.63) is 0 Å². The first-order chi connectivity index (χ1) is 8.62. The minimum absolute atomic E-state index is 0. The minimum atomic E-state index is 0. The second kappa shape index (κ2) is 14.6. The third-order valence-corrected chi connectivity index (χ3v) is 3.29. The molecule has 118 valence electrons. The summed E-state index contributed by atoms with van der Waals surface area (Å²) in [6, 6.07) is 0. The second-order valence-corrected chi connectivity index (χ2v) is 5.90. The van der Waals surface area contributed by atoms with E-state index in [2.05, 4.69) is 21.0 Å². The van der Waals surface area contributed by atoms with E-state index in [4.69, 9.17) is 9.84 Å². The van der Waals surface area contributed by atoms with Gasteiger partial charge in [0.15, 0.2) is 6.73 Å². The molecule has 1 N–H and O–H groups in total. The summed E-state index contributed by atoms with van der Waals surface area (Å²) in [7, 11) is 4.17. The molecule has 0 aromatic heterocycles. The van der Waals surface area contributed by atoms with Crippen molar-refractivity contribution in [2.75, 3.05) is 40.6 Å². The first kappa shape index (κ1) is 21.5. The predicted octanol–water partition coefficient (Wildman–Crippen LogP) is 0.174. The van der Waals surface area contributed by atoms with Gasteiger partial charge in [0.05, 0.1) is 27.3 Å². The van der Waals surface area contributed by atoms with E-state index in [-0.39, 0.29) is 19.0 Å². The summed E-state index contributed by atoms with van der Waals surface area (Å²) in [5.74, 6) is 0. The lowest BCUT2D eigenvalue weighted by atomic mass is 10.1. The third kappa shape index (κ3) is 16.1. The first-order valence-corrected chi connectivity index (χ1v) is 7.63. The van der Waals surface area contributed by atoms with Crippen molar-refractivity contribution in [2.24, 2.45) is 0 Å². The van der Waals surface area contributed by atoms with Gasteiger partial charge in [-0.15, -0.1) is 0 Å². The summed E-state index contributed by atoms with van der Waals surface area (Å²) in [5.41, 5.74) is 0. The maximum atomic E-state index is 8.89. The summed E-state index contributed by atoms with van der Waals surface area (Å²) in [6.07, 6.45) is 10.7. The summed E-state index contributed by atoms with van der Waals surface area (Å²) in [4.78, 5) is 0. The monoisotopic (exact) mass is 295 g/mol. The molecule has 0 aliphatic heterocycles. The fraction of sp³-hybridized carbons (Fsp3) is 1.00. The summed E-state index contributed by atoms with van der Waals surface area (Å²) < 4.78 is 6.40. The molecule has 0 radical (unpaired) electrons. The van der Waals surface area contributed by atoms with Crippen molar-refractivity contribution in [1.82, 2.24) is 0 Å². The Morgan fingerprint density at radius 2 is 1.42 bits per heavy atom. The molecule has 0 saturated carbocycles. The fourth-order valence-electron chi connectivity index (χ4n) is 1.98. The number of ether oxygens (including phenoxy) is 1. The van der Waals surface area contributed by atoms with Crippen molar-refractivity contribution >= 4 is 0 Å². The number of nitrogens with zero attached hydrogens (tertiary/aromatic N) is 1. The maximum absolute atomic E-state index is 8.89. The highest BCUT2D eigenvalue weighted by Crippen LogP contribution is 2.08. The number of likely N-dealkylation sites (N-methyl/N-ethyl adjacent to an activating group) is 1. The van der Waals surface area contributed by atoms with Gasteiger partial charge in [-0.3, -0.25) is 0 Å². The SMILES string of the molecule is CCCCCCCCCCOC[N+](C)(C)CCO.[Cl-]. The molecule has 0 aliphatic rings. The van der Waals surface area contributed by atoms with Gasteiger partial charge in [0.25, 0.3) is 0 Å². The Hall–Kier alpha value is 0.170. The Bertz CT molecular complexity index is 178. The van der Waals surface area contributed by atoms with Gasteiger partial charge in [-0.1, -0.05) is 51.9 Å². The lowest BCUT2D eigenvalue weighted by Gasteiger charge is -2.28. The summed E-state index contributed by atoms with van der Waals surface area (Å²) in [5, 5.41) is 8.89. The van der Waals surface area contributed by atoms with E-state index in [1.807, 2.05) is 0 Å². The average Bonchev–Trinajstić information content (AvgIpc) is 2.31. The van der Waals surface area contributed by atoms with Gasteiger partial charge < -0.3 is 26.7 Å². The molecule has 0 fully saturated rings. The number of unbranched alkanes of at least 4 members (excludes halogenated alkanes) is 7. The van der Waals surface area contributed by atoms with E-state index in [0.29, 0.717) is 6.73 Å². The van der Waals surface area contributed by atoms with Crippen molar-refractivity contribution in [1.29, 1.82) is 0 Å². The average molecular weight is 296 g/mol.